The predicted molar refractivity (Wildman–Crippen MR) is 94.1 cm³/mol. The first-order valence-electron chi connectivity index (χ1n) is 8.52. The Morgan fingerprint density at radius 2 is 1.88 bits per heavy atom. The predicted octanol–water partition coefficient (Wildman–Crippen LogP) is 2.62. The van der Waals surface area contributed by atoms with Gasteiger partial charge in [0, 0.05) is 20.0 Å². The zero-order valence-electron chi connectivity index (χ0n) is 15.3. The molecule has 0 spiro atoms. The fourth-order valence-corrected chi connectivity index (χ4v) is 2.66. The SMILES string of the molecule is CN(CCc1ccc(C2CCC(=O)NC2=O)cc1)C(=O)OC(C)(C)C. The quantitative estimate of drug-likeness (QED) is 0.850. The topological polar surface area (TPSA) is 75.7 Å². The Morgan fingerprint density at radius 3 is 2.44 bits per heavy atom. The molecule has 1 unspecified atom stereocenters. The van der Waals surface area contributed by atoms with Crippen molar-refractivity contribution in [2.75, 3.05) is 13.6 Å². The number of carbonyl (C=O) groups is 3. The number of ether oxygens (including phenoxy) is 1. The van der Waals surface area contributed by atoms with E-state index in [0.717, 1.165) is 11.1 Å². The summed E-state index contributed by atoms with van der Waals surface area (Å²) in [6.07, 6.45) is 1.28. The number of likely N-dealkylation sites (N-methyl/N-ethyl adjacent to an activating group) is 1. The van der Waals surface area contributed by atoms with Crippen molar-refractivity contribution >= 4 is 17.9 Å². The van der Waals surface area contributed by atoms with Crippen LogP contribution in [0.15, 0.2) is 24.3 Å². The lowest BCUT2D eigenvalue weighted by molar-refractivity contribution is -0.134. The van der Waals surface area contributed by atoms with Crippen LogP contribution in [0.4, 0.5) is 4.79 Å². The van der Waals surface area contributed by atoms with Gasteiger partial charge in [-0.1, -0.05) is 24.3 Å². The van der Waals surface area contributed by atoms with E-state index in [1.165, 1.54) is 0 Å². The molecule has 1 fully saturated rings. The van der Waals surface area contributed by atoms with Gasteiger partial charge >= 0.3 is 6.09 Å². The van der Waals surface area contributed by atoms with Crippen LogP contribution in [0.25, 0.3) is 0 Å². The summed E-state index contributed by atoms with van der Waals surface area (Å²) in [5.74, 6) is -0.701. The van der Waals surface area contributed by atoms with Crippen molar-refractivity contribution in [2.24, 2.45) is 0 Å². The highest BCUT2D eigenvalue weighted by atomic mass is 16.6. The molecule has 1 aromatic rings. The van der Waals surface area contributed by atoms with Crippen LogP contribution < -0.4 is 5.32 Å². The van der Waals surface area contributed by atoms with E-state index in [9.17, 15) is 14.4 Å². The van der Waals surface area contributed by atoms with E-state index >= 15 is 0 Å². The molecule has 1 aliphatic heterocycles. The monoisotopic (exact) mass is 346 g/mol. The number of nitrogens with one attached hydrogen (secondary N) is 1. The number of rotatable bonds is 4. The Kier molecular flexibility index (Phi) is 5.82. The van der Waals surface area contributed by atoms with Crippen molar-refractivity contribution in [3.63, 3.8) is 0 Å². The minimum atomic E-state index is -0.505. The van der Waals surface area contributed by atoms with Gasteiger partial charge in [0.15, 0.2) is 0 Å². The van der Waals surface area contributed by atoms with Gasteiger partial charge in [0.1, 0.15) is 5.60 Å². The third kappa shape index (κ3) is 5.59. The summed E-state index contributed by atoms with van der Waals surface area (Å²) in [7, 11) is 1.71. The van der Waals surface area contributed by atoms with E-state index in [1.54, 1.807) is 11.9 Å². The maximum atomic E-state index is 11.9. The van der Waals surface area contributed by atoms with Crippen LogP contribution in [0.5, 0.6) is 0 Å². The normalized spacial score (nSPS) is 17.8. The second-order valence-electron chi connectivity index (χ2n) is 7.40. The molecule has 0 radical (unpaired) electrons. The molecular weight excluding hydrogens is 320 g/mol. The maximum Gasteiger partial charge on any atom is 0.410 e. The summed E-state index contributed by atoms with van der Waals surface area (Å²) in [6, 6.07) is 7.76. The molecule has 0 aromatic heterocycles. The Bertz CT molecular complexity index is 646. The Morgan fingerprint density at radius 1 is 1.24 bits per heavy atom. The maximum absolute atomic E-state index is 11.9. The van der Waals surface area contributed by atoms with Crippen molar-refractivity contribution in [2.45, 2.75) is 51.6 Å². The van der Waals surface area contributed by atoms with Gasteiger partial charge in [-0.2, -0.15) is 0 Å². The van der Waals surface area contributed by atoms with Crippen LogP contribution in [-0.2, 0) is 20.7 Å². The van der Waals surface area contributed by atoms with Gasteiger partial charge in [-0.05, 0) is 44.7 Å². The first-order valence-corrected chi connectivity index (χ1v) is 8.52. The van der Waals surface area contributed by atoms with Gasteiger partial charge in [-0.15, -0.1) is 0 Å². The molecule has 6 heteroatoms. The molecule has 1 atom stereocenters. The number of benzene rings is 1. The summed E-state index contributed by atoms with van der Waals surface area (Å²) in [5, 5.41) is 2.38. The summed E-state index contributed by atoms with van der Waals surface area (Å²) in [6.45, 7) is 6.07. The highest BCUT2D eigenvalue weighted by molar-refractivity contribution is 6.00. The molecule has 3 amide bonds. The average Bonchev–Trinajstić information content (AvgIpc) is 2.51. The van der Waals surface area contributed by atoms with E-state index in [1.807, 2.05) is 45.0 Å². The number of nitrogens with zero attached hydrogens (tertiary/aromatic N) is 1. The molecule has 1 aliphatic rings. The lowest BCUT2D eigenvalue weighted by Crippen LogP contribution is -2.39. The number of piperidine rings is 1. The minimum Gasteiger partial charge on any atom is -0.444 e. The molecule has 136 valence electrons. The molecule has 6 nitrogen and oxygen atoms in total. The van der Waals surface area contributed by atoms with Crippen LogP contribution in [-0.4, -0.2) is 42.0 Å². The van der Waals surface area contributed by atoms with Crippen LogP contribution in [0.3, 0.4) is 0 Å². The molecule has 25 heavy (non-hydrogen) atoms. The van der Waals surface area contributed by atoms with Gasteiger partial charge in [0.05, 0.1) is 5.92 Å². The zero-order chi connectivity index (χ0) is 18.6. The molecule has 1 aromatic carbocycles. The van der Waals surface area contributed by atoms with E-state index in [0.29, 0.717) is 25.8 Å². The van der Waals surface area contributed by atoms with Crippen LogP contribution in [0, 0.1) is 0 Å². The molecule has 0 bridgehead atoms. The lowest BCUT2D eigenvalue weighted by atomic mass is 9.90. The number of hydrogen-bond donors (Lipinski definition) is 1. The third-order valence-electron chi connectivity index (χ3n) is 4.06. The van der Waals surface area contributed by atoms with Crippen molar-refractivity contribution < 1.29 is 19.1 Å². The number of hydrogen-bond acceptors (Lipinski definition) is 4. The molecule has 1 N–H and O–H groups in total. The van der Waals surface area contributed by atoms with E-state index < -0.39 is 5.60 Å². The minimum absolute atomic E-state index is 0.206. The fourth-order valence-electron chi connectivity index (χ4n) is 2.66. The zero-order valence-corrected chi connectivity index (χ0v) is 15.3. The molecule has 1 saturated heterocycles. The second kappa shape index (κ2) is 7.68. The van der Waals surface area contributed by atoms with Gasteiger partial charge in [-0.25, -0.2) is 4.79 Å². The second-order valence-corrected chi connectivity index (χ2v) is 7.40. The highest BCUT2D eigenvalue weighted by Crippen LogP contribution is 2.25. The summed E-state index contributed by atoms with van der Waals surface area (Å²) in [4.78, 5) is 36.6. The molecule has 0 saturated carbocycles. The van der Waals surface area contributed by atoms with Crippen LogP contribution >= 0.6 is 0 Å². The van der Waals surface area contributed by atoms with Crippen molar-refractivity contribution in [1.29, 1.82) is 0 Å². The lowest BCUT2D eigenvalue weighted by Gasteiger charge is -2.24. The summed E-state index contributed by atoms with van der Waals surface area (Å²) < 4.78 is 5.32. The first kappa shape index (κ1) is 19.0. The Balaban J connectivity index is 1.89. The Hall–Kier alpha value is -2.37. The van der Waals surface area contributed by atoms with E-state index in [2.05, 4.69) is 5.32 Å². The highest BCUT2D eigenvalue weighted by Gasteiger charge is 2.27. The van der Waals surface area contributed by atoms with E-state index in [-0.39, 0.29) is 23.8 Å². The van der Waals surface area contributed by atoms with Crippen LogP contribution in [0.2, 0.25) is 0 Å². The molecular formula is C19H26N2O4. The average molecular weight is 346 g/mol. The smallest absolute Gasteiger partial charge is 0.410 e. The molecule has 2 rings (SSSR count). The van der Waals surface area contributed by atoms with Gasteiger partial charge < -0.3 is 9.64 Å². The Labute approximate surface area is 148 Å². The van der Waals surface area contributed by atoms with Crippen molar-refractivity contribution in [3.8, 4) is 0 Å². The van der Waals surface area contributed by atoms with Gasteiger partial charge in [0.25, 0.3) is 0 Å². The first-order chi connectivity index (χ1) is 11.7. The van der Waals surface area contributed by atoms with Gasteiger partial charge in [-0.3, -0.25) is 14.9 Å². The largest absolute Gasteiger partial charge is 0.444 e. The van der Waals surface area contributed by atoms with Gasteiger partial charge in [0.2, 0.25) is 11.8 Å². The van der Waals surface area contributed by atoms with Crippen molar-refractivity contribution in [3.05, 3.63) is 35.4 Å². The molecule has 1 heterocycles. The van der Waals surface area contributed by atoms with Crippen molar-refractivity contribution in [1.82, 2.24) is 10.2 Å². The number of imide groups is 1. The fraction of sp³-hybridized carbons (Fsp3) is 0.526. The van der Waals surface area contributed by atoms with Crippen LogP contribution in [0.1, 0.15) is 50.7 Å². The van der Waals surface area contributed by atoms with E-state index in [4.69, 9.17) is 4.74 Å². The summed E-state index contributed by atoms with van der Waals surface area (Å²) in [5.41, 5.74) is 1.48. The standard InChI is InChI=1S/C19H26N2O4/c1-19(2,3)25-18(24)21(4)12-11-13-5-7-14(8-6-13)15-9-10-16(22)20-17(15)23/h5-8,15H,9-12H2,1-4H3,(H,20,22,23). The number of carbonyl (C=O) groups excluding carboxylic acids is 3. The summed E-state index contributed by atoms with van der Waals surface area (Å²) >= 11 is 0. The third-order valence-corrected chi connectivity index (χ3v) is 4.06. The molecule has 0 aliphatic carbocycles. The number of amides is 3.